The number of rotatable bonds is 7. The summed E-state index contributed by atoms with van der Waals surface area (Å²) in [5, 5.41) is 18.1. The number of anilines is 1. The molecule has 0 aliphatic heterocycles. The average molecular weight is 374 g/mol. The molecule has 0 saturated heterocycles. The zero-order valence-electron chi connectivity index (χ0n) is 13.9. The predicted octanol–water partition coefficient (Wildman–Crippen LogP) is 3.18. The molecular weight excluding hydrogens is 356 g/mol. The van der Waals surface area contributed by atoms with Gasteiger partial charge in [0, 0.05) is 16.8 Å². The lowest BCUT2D eigenvalue weighted by molar-refractivity contribution is -0.115. The number of amides is 1. The summed E-state index contributed by atoms with van der Waals surface area (Å²) in [4.78, 5) is 16.6. The maximum atomic E-state index is 12.1. The van der Waals surface area contributed by atoms with Gasteiger partial charge in [-0.25, -0.2) is 9.67 Å². The van der Waals surface area contributed by atoms with Gasteiger partial charge in [0.15, 0.2) is 0 Å². The third-order valence-corrected chi connectivity index (χ3v) is 5.13. The molecule has 2 aromatic heterocycles. The standard InChI is InChI=1S/C16H18N6OS2/c1-11(2)22-16(19-20-21-22)25-10-13-9-24-15(18-13)8-14(23)17-12-6-4-3-5-7-12/h3-7,9,11H,8,10H2,1-2H3,(H,17,23). The third-order valence-electron chi connectivity index (χ3n) is 3.27. The number of nitrogens with one attached hydrogen (secondary N) is 1. The Balaban J connectivity index is 1.53. The van der Waals surface area contributed by atoms with Gasteiger partial charge in [0.2, 0.25) is 11.1 Å². The molecule has 0 bridgehead atoms. The third kappa shape index (κ3) is 4.86. The van der Waals surface area contributed by atoms with E-state index >= 15 is 0 Å². The van der Waals surface area contributed by atoms with E-state index < -0.39 is 0 Å². The molecule has 0 atom stereocenters. The van der Waals surface area contributed by atoms with E-state index in [-0.39, 0.29) is 18.4 Å². The van der Waals surface area contributed by atoms with Gasteiger partial charge >= 0.3 is 0 Å². The Morgan fingerprint density at radius 2 is 2.12 bits per heavy atom. The Morgan fingerprint density at radius 3 is 2.88 bits per heavy atom. The maximum Gasteiger partial charge on any atom is 0.231 e. The van der Waals surface area contributed by atoms with Gasteiger partial charge in [0.1, 0.15) is 5.01 Å². The average Bonchev–Trinajstić information content (AvgIpc) is 3.22. The van der Waals surface area contributed by atoms with Gasteiger partial charge in [-0.05, 0) is 36.4 Å². The van der Waals surface area contributed by atoms with Crippen LogP contribution in [-0.2, 0) is 17.0 Å². The van der Waals surface area contributed by atoms with Crippen molar-refractivity contribution >= 4 is 34.7 Å². The van der Waals surface area contributed by atoms with Crippen LogP contribution in [0.3, 0.4) is 0 Å². The highest BCUT2D eigenvalue weighted by atomic mass is 32.2. The van der Waals surface area contributed by atoms with Crippen molar-refractivity contribution in [2.45, 2.75) is 37.2 Å². The van der Waals surface area contributed by atoms with Crippen molar-refractivity contribution in [1.29, 1.82) is 0 Å². The summed E-state index contributed by atoms with van der Waals surface area (Å²) in [5.74, 6) is 0.604. The number of benzene rings is 1. The Hall–Kier alpha value is -2.26. The van der Waals surface area contributed by atoms with Crippen molar-refractivity contribution in [2.75, 3.05) is 5.32 Å². The molecule has 25 heavy (non-hydrogen) atoms. The van der Waals surface area contributed by atoms with Gasteiger partial charge in [-0.2, -0.15) is 0 Å². The maximum absolute atomic E-state index is 12.1. The van der Waals surface area contributed by atoms with Crippen molar-refractivity contribution in [3.63, 3.8) is 0 Å². The Bertz CT molecular complexity index is 830. The molecule has 0 saturated carbocycles. The molecule has 0 fully saturated rings. The van der Waals surface area contributed by atoms with E-state index in [9.17, 15) is 4.79 Å². The van der Waals surface area contributed by atoms with Crippen LogP contribution < -0.4 is 5.32 Å². The molecule has 9 heteroatoms. The summed E-state index contributed by atoms with van der Waals surface area (Å²) in [6.07, 6.45) is 0.272. The van der Waals surface area contributed by atoms with Crippen molar-refractivity contribution in [1.82, 2.24) is 25.2 Å². The van der Waals surface area contributed by atoms with Crippen LogP contribution in [0.5, 0.6) is 0 Å². The molecule has 2 heterocycles. The fourth-order valence-corrected chi connectivity index (χ4v) is 3.90. The van der Waals surface area contributed by atoms with Gasteiger partial charge in [-0.1, -0.05) is 30.0 Å². The highest BCUT2D eigenvalue weighted by molar-refractivity contribution is 7.98. The Morgan fingerprint density at radius 1 is 1.32 bits per heavy atom. The lowest BCUT2D eigenvalue weighted by Crippen LogP contribution is -2.14. The smallest absolute Gasteiger partial charge is 0.231 e. The number of para-hydroxylation sites is 1. The van der Waals surface area contributed by atoms with Crippen LogP contribution in [0.2, 0.25) is 0 Å². The van der Waals surface area contributed by atoms with E-state index in [1.807, 2.05) is 49.6 Å². The van der Waals surface area contributed by atoms with Crippen LogP contribution in [0.15, 0.2) is 40.9 Å². The Kier molecular flexibility index (Phi) is 5.77. The molecule has 0 unspecified atom stereocenters. The summed E-state index contributed by atoms with van der Waals surface area (Å²) in [7, 11) is 0. The van der Waals surface area contributed by atoms with Crippen molar-refractivity contribution in [2.24, 2.45) is 0 Å². The van der Waals surface area contributed by atoms with Crippen LogP contribution in [-0.4, -0.2) is 31.1 Å². The first-order valence-electron chi connectivity index (χ1n) is 7.80. The van der Waals surface area contributed by atoms with Gasteiger partial charge in [0.25, 0.3) is 0 Å². The van der Waals surface area contributed by atoms with Crippen LogP contribution >= 0.6 is 23.1 Å². The van der Waals surface area contributed by atoms with Crippen LogP contribution in [0.4, 0.5) is 5.69 Å². The summed E-state index contributed by atoms with van der Waals surface area (Å²) in [6, 6.07) is 9.63. The molecule has 0 radical (unpaired) electrons. The molecule has 0 aliphatic carbocycles. The second-order valence-electron chi connectivity index (χ2n) is 5.61. The molecule has 1 N–H and O–H groups in total. The monoisotopic (exact) mass is 374 g/mol. The largest absolute Gasteiger partial charge is 0.326 e. The lowest BCUT2D eigenvalue weighted by atomic mass is 10.3. The minimum absolute atomic E-state index is 0.0662. The molecule has 0 spiro atoms. The quantitative estimate of drug-likeness (QED) is 0.639. The highest BCUT2D eigenvalue weighted by Crippen LogP contribution is 2.23. The minimum atomic E-state index is -0.0662. The minimum Gasteiger partial charge on any atom is -0.326 e. The SMILES string of the molecule is CC(C)n1nnnc1SCc1csc(CC(=O)Nc2ccccc2)n1. The summed E-state index contributed by atoms with van der Waals surface area (Å²) in [6.45, 7) is 4.07. The zero-order chi connectivity index (χ0) is 17.6. The molecule has 3 rings (SSSR count). The van der Waals surface area contributed by atoms with E-state index in [2.05, 4.69) is 25.8 Å². The predicted molar refractivity (Wildman–Crippen MR) is 98.7 cm³/mol. The Labute approximate surface area is 153 Å². The van der Waals surface area contributed by atoms with Crippen LogP contribution in [0.1, 0.15) is 30.6 Å². The molecule has 130 valence electrons. The zero-order valence-corrected chi connectivity index (χ0v) is 15.5. The number of carbonyl (C=O) groups excluding carboxylic acids is 1. The van der Waals surface area contributed by atoms with E-state index in [1.54, 1.807) is 16.4 Å². The number of carbonyl (C=O) groups is 1. The molecule has 1 amide bonds. The van der Waals surface area contributed by atoms with Crippen molar-refractivity contribution in [3.8, 4) is 0 Å². The highest BCUT2D eigenvalue weighted by Gasteiger charge is 2.12. The fourth-order valence-electron chi connectivity index (χ4n) is 2.10. The molecule has 3 aromatic rings. The number of nitrogens with zero attached hydrogens (tertiary/aromatic N) is 5. The molecule has 1 aromatic carbocycles. The normalized spacial score (nSPS) is 11.0. The second kappa shape index (κ2) is 8.21. The second-order valence-corrected chi connectivity index (χ2v) is 7.50. The summed E-state index contributed by atoms with van der Waals surface area (Å²) >= 11 is 3.03. The van der Waals surface area contributed by atoms with Crippen molar-refractivity contribution < 1.29 is 4.79 Å². The topological polar surface area (TPSA) is 85.6 Å². The van der Waals surface area contributed by atoms with E-state index in [0.717, 1.165) is 21.5 Å². The van der Waals surface area contributed by atoms with Crippen molar-refractivity contribution in [3.05, 3.63) is 46.4 Å². The van der Waals surface area contributed by atoms with E-state index in [0.29, 0.717) is 5.75 Å². The van der Waals surface area contributed by atoms with Gasteiger partial charge in [0.05, 0.1) is 18.2 Å². The fraction of sp³-hybridized carbons (Fsp3) is 0.312. The summed E-state index contributed by atoms with van der Waals surface area (Å²) in [5.41, 5.74) is 1.72. The first-order chi connectivity index (χ1) is 12.1. The van der Waals surface area contributed by atoms with Crippen LogP contribution in [0.25, 0.3) is 0 Å². The van der Waals surface area contributed by atoms with Gasteiger partial charge in [-0.15, -0.1) is 16.4 Å². The van der Waals surface area contributed by atoms with Gasteiger partial charge in [-0.3, -0.25) is 4.79 Å². The lowest BCUT2D eigenvalue weighted by Gasteiger charge is -2.06. The van der Waals surface area contributed by atoms with E-state index in [1.165, 1.54) is 11.3 Å². The number of tetrazole rings is 1. The number of hydrogen-bond donors (Lipinski definition) is 1. The molecule has 7 nitrogen and oxygen atoms in total. The number of hydrogen-bond acceptors (Lipinski definition) is 7. The molecule has 0 aliphatic rings. The number of aromatic nitrogens is 5. The number of thiazole rings is 1. The summed E-state index contributed by atoms with van der Waals surface area (Å²) < 4.78 is 1.78. The molecular formula is C16H18N6OS2. The van der Waals surface area contributed by atoms with E-state index in [4.69, 9.17) is 0 Å². The van der Waals surface area contributed by atoms with Gasteiger partial charge < -0.3 is 5.32 Å². The first kappa shape index (κ1) is 17.6. The van der Waals surface area contributed by atoms with Crippen LogP contribution in [0, 0.1) is 0 Å². The first-order valence-corrected chi connectivity index (χ1v) is 9.67. The number of thioether (sulfide) groups is 1.